The zero-order valence-electron chi connectivity index (χ0n) is 9.10. The highest BCUT2D eigenvalue weighted by molar-refractivity contribution is 6.87. The lowest BCUT2D eigenvalue weighted by Gasteiger charge is -2.17. The van der Waals surface area contributed by atoms with Crippen LogP contribution in [-0.2, 0) is 8.85 Å². The van der Waals surface area contributed by atoms with E-state index in [1.807, 2.05) is 0 Å². The van der Waals surface area contributed by atoms with Crippen molar-refractivity contribution in [3.63, 3.8) is 0 Å². The molecule has 0 unspecified atom stereocenters. The number of hydrogen-bond acceptors (Lipinski definition) is 2. The molecule has 0 aromatic carbocycles. The minimum Gasteiger partial charge on any atom is -0.386 e. The molecule has 0 aliphatic carbocycles. The van der Waals surface area contributed by atoms with Gasteiger partial charge < -0.3 is 8.85 Å². The van der Waals surface area contributed by atoms with Gasteiger partial charge in [0.05, 0.1) is 0 Å². The van der Waals surface area contributed by atoms with Gasteiger partial charge in [-0.25, -0.2) is 0 Å². The predicted octanol–water partition coefficient (Wildman–Crippen LogP) is 1.87. The van der Waals surface area contributed by atoms with Gasteiger partial charge in [0.25, 0.3) is 0 Å². The molecule has 0 heterocycles. The monoisotopic (exact) mass is 214 g/mol. The fourth-order valence-electron chi connectivity index (χ4n) is 0.678. The third-order valence-electron chi connectivity index (χ3n) is 1.49. The van der Waals surface area contributed by atoms with E-state index < -0.39 is 16.6 Å². The number of rotatable bonds is 3. The van der Waals surface area contributed by atoms with Crippen molar-refractivity contribution < 1.29 is 8.85 Å². The zero-order valence-corrected chi connectivity index (χ0v) is 11.1. The average molecular weight is 214 g/mol. The Morgan fingerprint density at radius 3 is 1.77 bits per heavy atom. The van der Waals surface area contributed by atoms with Crippen LogP contribution in [-0.4, -0.2) is 30.9 Å². The van der Waals surface area contributed by atoms with E-state index in [1.54, 1.807) is 19.9 Å². The fraction of sp³-hybridized carbons (Fsp3) is 0.556. The highest BCUT2D eigenvalue weighted by Gasteiger charge is 2.30. The van der Waals surface area contributed by atoms with Crippen LogP contribution in [0, 0.1) is 11.1 Å². The smallest absolute Gasteiger partial charge is 0.386 e. The summed E-state index contributed by atoms with van der Waals surface area (Å²) >= 11 is 0. The first-order valence-corrected chi connectivity index (χ1v) is 9.57. The van der Waals surface area contributed by atoms with E-state index in [1.165, 1.54) is 0 Å². The lowest BCUT2D eigenvalue weighted by Crippen LogP contribution is -2.37. The van der Waals surface area contributed by atoms with Crippen molar-refractivity contribution in [3.05, 3.63) is 12.3 Å². The van der Waals surface area contributed by atoms with Gasteiger partial charge in [0.15, 0.2) is 0 Å². The van der Waals surface area contributed by atoms with Crippen LogP contribution in [0.25, 0.3) is 0 Å². The second-order valence-electron chi connectivity index (χ2n) is 3.78. The summed E-state index contributed by atoms with van der Waals surface area (Å²) in [4.78, 5) is 0. The Morgan fingerprint density at radius 2 is 1.54 bits per heavy atom. The quantitative estimate of drug-likeness (QED) is 0.527. The molecule has 0 saturated heterocycles. The van der Waals surface area contributed by atoms with Crippen LogP contribution in [0.3, 0.4) is 0 Å². The summed E-state index contributed by atoms with van der Waals surface area (Å²) in [5, 5.41) is 0. The van der Waals surface area contributed by atoms with Gasteiger partial charge in [-0.15, -0.1) is 12.1 Å². The van der Waals surface area contributed by atoms with Gasteiger partial charge in [0.2, 0.25) is 0 Å². The van der Waals surface area contributed by atoms with E-state index in [2.05, 4.69) is 37.3 Å². The molecule has 2 nitrogen and oxygen atoms in total. The van der Waals surface area contributed by atoms with Crippen molar-refractivity contribution in [2.75, 3.05) is 14.2 Å². The molecule has 0 atom stereocenters. The molecule has 0 fully saturated rings. The topological polar surface area (TPSA) is 18.5 Å². The van der Waals surface area contributed by atoms with Crippen molar-refractivity contribution in [3.8, 4) is 11.1 Å². The Morgan fingerprint density at radius 1 is 1.08 bits per heavy atom. The minimum atomic E-state index is -2.39. The van der Waals surface area contributed by atoms with Crippen LogP contribution < -0.4 is 0 Å². The normalized spacial score (nSPS) is 11.8. The first-order valence-electron chi connectivity index (χ1n) is 4.17. The summed E-state index contributed by atoms with van der Waals surface area (Å²) in [5.74, 6) is 0. The van der Waals surface area contributed by atoms with Gasteiger partial charge in [0, 0.05) is 14.2 Å². The fourth-order valence-corrected chi connectivity index (χ4v) is 3.68. The predicted molar refractivity (Wildman–Crippen MR) is 61.1 cm³/mol. The molecule has 74 valence electrons. The summed E-state index contributed by atoms with van der Waals surface area (Å²) in [7, 11) is -0.497. The molecule has 13 heavy (non-hydrogen) atoms. The summed E-state index contributed by atoms with van der Waals surface area (Å²) in [6.45, 7) is 10.3. The first-order chi connectivity index (χ1) is 5.89. The van der Waals surface area contributed by atoms with Crippen molar-refractivity contribution in [2.45, 2.75) is 19.6 Å². The molecule has 0 N–H and O–H groups in total. The van der Waals surface area contributed by atoms with E-state index in [-0.39, 0.29) is 0 Å². The molecular weight excluding hydrogens is 196 g/mol. The minimum absolute atomic E-state index is 1.35. The molecule has 4 heteroatoms. The van der Waals surface area contributed by atoms with Crippen molar-refractivity contribution in [1.82, 2.24) is 0 Å². The van der Waals surface area contributed by atoms with Crippen molar-refractivity contribution in [1.29, 1.82) is 0 Å². The summed E-state index contributed by atoms with van der Waals surface area (Å²) in [6, 6.07) is 0. The van der Waals surface area contributed by atoms with Gasteiger partial charge in [-0.2, -0.15) is 0 Å². The average Bonchev–Trinajstić information content (AvgIpc) is 2.06. The Bertz CT molecular complexity index is 228. The van der Waals surface area contributed by atoms with E-state index in [4.69, 9.17) is 8.85 Å². The molecule has 0 rings (SSSR count). The molecule has 0 saturated carbocycles. The van der Waals surface area contributed by atoms with Crippen LogP contribution in [0.4, 0.5) is 0 Å². The lowest BCUT2D eigenvalue weighted by atomic mass is 11.3. The Balaban J connectivity index is 4.76. The van der Waals surface area contributed by atoms with E-state index in [9.17, 15) is 0 Å². The van der Waals surface area contributed by atoms with Gasteiger partial charge in [-0.1, -0.05) is 25.2 Å². The van der Waals surface area contributed by atoms with Crippen LogP contribution in [0.15, 0.2) is 12.3 Å². The maximum atomic E-state index is 5.28. The molecule has 0 aromatic rings. The Kier molecular flexibility index (Phi) is 4.64. The molecule has 0 aliphatic heterocycles. The van der Waals surface area contributed by atoms with Gasteiger partial charge in [-0.05, 0) is 5.70 Å². The summed E-state index contributed by atoms with van der Waals surface area (Å²) in [6.07, 6.45) is 0. The van der Waals surface area contributed by atoms with E-state index in [0.29, 0.717) is 0 Å². The number of hydrogen-bond donors (Lipinski definition) is 0. The van der Waals surface area contributed by atoms with E-state index >= 15 is 0 Å². The molecule has 0 radical (unpaired) electrons. The van der Waals surface area contributed by atoms with Crippen LogP contribution in [0.2, 0.25) is 19.6 Å². The second kappa shape index (κ2) is 4.77. The largest absolute Gasteiger partial charge is 0.449 e. The molecule has 0 aromatic heterocycles. The van der Waals surface area contributed by atoms with Gasteiger partial charge in [0.1, 0.15) is 8.07 Å². The summed E-state index contributed by atoms with van der Waals surface area (Å²) in [5.41, 5.74) is 8.06. The Labute approximate surface area is 83.2 Å². The lowest BCUT2D eigenvalue weighted by molar-refractivity contribution is 0.272. The van der Waals surface area contributed by atoms with Crippen LogP contribution >= 0.6 is 0 Å². The van der Waals surface area contributed by atoms with E-state index in [0.717, 1.165) is 0 Å². The first kappa shape index (κ1) is 12.7. The molecule has 0 spiro atoms. The van der Waals surface area contributed by atoms with Crippen LogP contribution in [0.1, 0.15) is 0 Å². The third kappa shape index (κ3) is 4.43. The highest BCUT2D eigenvalue weighted by Crippen LogP contribution is 2.06. The highest BCUT2D eigenvalue weighted by atomic mass is 28.4. The maximum Gasteiger partial charge on any atom is 0.449 e. The van der Waals surface area contributed by atoms with Gasteiger partial charge >= 0.3 is 8.56 Å². The molecule has 0 amide bonds. The molecular formula is C9H18O2Si2. The second-order valence-corrected chi connectivity index (χ2v) is 11.3. The third-order valence-corrected chi connectivity index (χ3v) is 4.84. The van der Waals surface area contributed by atoms with Gasteiger partial charge in [-0.3, -0.25) is 0 Å². The maximum absolute atomic E-state index is 5.28. The van der Waals surface area contributed by atoms with Crippen molar-refractivity contribution >= 4 is 16.6 Å². The van der Waals surface area contributed by atoms with Crippen molar-refractivity contribution in [2.24, 2.45) is 0 Å². The SMILES string of the molecule is C=C[Si](C#C[Si](C)(C)C)(OC)OC. The standard InChI is InChI=1S/C9H18O2Si2/c1-7-13(10-2,11-3)9-8-12(4,5)6/h7H,1H2,2-6H3. The van der Waals surface area contributed by atoms with Crippen LogP contribution in [0.5, 0.6) is 0 Å². The summed E-state index contributed by atoms with van der Waals surface area (Å²) < 4.78 is 10.6. The molecule has 0 aliphatic rings. The molecule has 0 bridgehead atoms. The zero-order chi connectivity index (χ0) is 10.5. The Hall–Kier alpha value is -0.346.